The molecule has 0 bridgehead atoms. The number of carboxylic acids is 2. The zero-order valence-electron chi connectivity index (χ0n) is 6.33. The maximum Gasteiger partial charge on any atom is 0.319 e. The molecule has 11 heavy (non-hydrogen) atoms. The summed E-state index contributed by atoms with van der Waals surface area (Å²) < 4.78 is -1.02. The molecule has 2 N–H and O–H groups in total. The molecule has 0 amide bonds. The number of rotatable bonds is 4. The van der Waals surface area contributed by atoms with Gasteiger partial charge in [-0.15, -0.1) is 11.8 Å². The van der Waals surface area contributed by atoms with Gasteiger partial charge in [-0.3, -0.25) is 9.59 Å². The van der Waals surface area contributed by atoms with E-state index in [1.807, 2.05) is 0 Å². The van der Waals surface area contributed by atoms with E-state index in [0.29, 0.717) is 0 Å². The third kappa shape index (κ3) is 3.87. The van der Waals surface area contributed by atoms with E-state index < -0.39 is 16.7 Å². The van der Waals surface area contributed by atoms with Gasteiger partial charge in [-0.25, -0.2) is 0 Å². The molecule has 0 aliphatic carbocycles. The summed E-state index contributed by atoms with van der Waals surface area (Å²) in [5.74, 6) is -2.17. The van der Waals surface area contributed by atoms with Crippen molar-refractivity contribution in [3.05, 3.63) is 0 Å². The Morgan fingerprint density at radius 3 is 2.09 bits per heavy atom. The monoisotopic (exact) mass is 178 g/mol. The molecule has 0 radical (unpaired) electrons. The first kappa shape index (κ1) is 10.3. The summed E-state index contributed by atoms with van der Waals surface area (Å²) in [5.41, 5.74) is 0. The maximum absolute atomic E-state index is 10.4. The molecule has 4 nitrogen and oxygen atoms in total. The molecular weight excluding hydrogens is 168 g/mol. The van der Waals surface area contributed by atoms with E-state index in [1.54, 1.807) is 0 Å². The highest BCUT2D eigenvalue weighted by molar-refractivity contribution is 8.01. The first-order chi connectivity index (χ1) is 4.86. The zero-order valence-corrected chi connectivity index (χ0v) is 7.14. The van der Waals surface area contributed by atoms with Gasteiger partial charge in [-0.1, -0.05) is 0 Å². The van der Waals surface area contributed by atoms with E-state index in [9.17, 15) is 9.59 Å². The lowest BCUT2D eigenvalue weighted by Crippen LogP contribution is -2.28. The van der Waals surface area contributed by atoms with Crippen molar-refractivity contribution in [1.29, 1.82) is 0 Å². The summed E-state index contributed by atoms with van der Waals surface area (Å²) in [6.45, 7) is 2.95. The molecule has 0 aromatic rings. The number of carboxylic acid groups (broad SMARTS) is 2. The van der Waals surface area contributed by atoms with E-state index in [4.69, 9.17) is 10.2 Å². The number of hydrogen-bond acceptors (Lipinski definition) is 3. The minimum atomic E-state index is -1.02. The van der Waals surface area contributed by atoms with E-state index in [0.717, 1.165) is 11.8 Å². The summed E-state index contributed by atoms with van der Waals surface area (Å²) in [6, 6.07) is 0. The molecule has 0 aromatic heterocycles. The lowest BCUT2D eigenvalue weighted by atomic mass is 10.2. The van der Waals surface area contributed by atoms with Crippen LogP contribution in [0.5, 0.6) is 0 Å². The first-order valence-electron chi connectivity index (χ1n) is 2.95. The van der Waals surface area contributed by atoms with Crippen molar-refractivity contribution >= 4 is 23.7 Å². The van der Waals surface area contributed by atoms with Crippen LogP contribution in [0, 0.1) is 0 Å². The maximum atomic E-state index is 10.4. The smallest absolute Gasteiger partial charge is 0.319 e. The summed E-state index contributed by atoms with van der Waals surface area (Å²) in [7, 11) is 0. The second-order valence-corrected chi connectivity index (χ2v) is 4.10. The molecule has 5 heteroatoms. The Hall–Kier alpha value is -0.710. The SMILES string of the molecule is CC(C)(SCC(=O)O)C(=O)O. The summed E-state index contributed by atoms with van der Waals surface area (Å²) in [5, 5.41) is 16.8. The molecule has 0 aliphatic heterocycles. The van der Waals surface area contributed by atoms with Gasteiger partial charge < -0.3 is 10.2 Å². The summed E-state index contributed by atoms with van der Waals surface area (Å²) >= 11 is 0.896. The van der Waals surface area contributed by atoms with Crippen LogP contribution in [0.4, 0.5) is 0 Å². The lowest BCUT2D eigenvalue weighted by molar-refractivity contribution is -0.138. The summed E-state index contributed by atoms with van der Waals surface area (Å²) in [6.07, 6.45) is 0. The van der Waals surface area contributed by atoms with Gasteiger partial charge in [0.2, 0.25) is 0 Å². The molecule has 0 aliphatic rings. The number of hydrogen-bond donors (Lipinski definition) is 2. The molecule has 0 rings (SSSR count). The van der Waals surface area contributed by atoms with Crippen molar-refractivity contribution < 1.29 is 19.8 Å². The molecule has 64 valence electrons. The van der Waals surface area contributed by atoms with Crippen LogP contribution < -0.4 is 0 Å². The fourth-order valence-corrected chi connectivity index (χ4v) is 0.912. The number of thioether (sulfide) groups is 1. The third-order valence-electron chi connectivity index (χ3n) is 1.07. The Morgan fingerprint density at radius 1 is 1.36 bits per heavy atom. The number of aliphatic carboxylic acids is 2. The molecule has 0 unspecified atom stereocenters. The van der Waals surface area contributed by atoms with Crippen molar-refractivity contribution in [2.24, 2.45) is 0 Å². The van der Waals surface area contributed by atoms with Crippen LogP contribution in [-0.4, -0.2) is 32.7 Å². The predicted molar refractivity (Wildman–Crippen MR) is 41.8 cm³/mol. The Balaban J connectivity index is 3.92. The molecule has 0 spiro atoms. The van der Waals surface area contributed by atoms with E-state index in [1.165, 1.54) is 13.8 Å². The zero-order chi connectivity index (χ0) is 9.07. The van der Waals surface area contributed by atoms with Crippen LogP contribution in [0.1, 0.15) is 13.8 Å². The van der Waals surface area contributed by atoms with Crippen molar-refractivity contribution in [3.8, 4) is 0 Å². The van der Waals surface area contributed by atoms with Crippen molar-refractivity contribution in [1.82, 2.24) is 0 Å². The second kappa shape index (κ2) is 3.61. The van der Waals surface area contributed by atoms with Gasteiger partial charge >= 0.3 is 11.9 Å². The fraction of sp³-hybridized carbons (Fsp3) is 0.667. The molecule has 0 saturated carbocycles. The van der Waals surface area contributed by atoms with Gasteiger partial charge in [0.05, 0.1) is 5.75 Å². The lowest BCUT2D eigenvalue weighted by Gasteiger charge is -2.16. The molecule has 0 fully saturated rings. The highest BCUT2D eigenvalue weighted by Gasteiger charge is 2.28. The Bertz CT molecular complexity index is 175. The van der Waals surface area contributed by atoms with Crippen molar-refractivity contribution in [2.45, 2.75) is 18.6 Å². The molecule has 0 aromatic carbocycles. The van der Waals surface area contributed by atoms with Gasteiger partial charge in [0.15, 0.2) is 0 Å². The van der Waals surface area contributed by atoms with E-state index in [2.05, 4.69) is 0 Å². The average molecular weight is 178 g/mol. The molecule has 0 heterocycles. The Labute approximate surface area is 68.6 Å². The second-order valence-electron chi connectivity index (χ2n) is 2.50. The van der Waals surface area contributed by atoms with Crippen LogP contribution in [0.25, 0.3) is 0 Å². The molecule has 0 saturated heterocycles. The Morgan fingerprint density at radius 2 is 1.82 bits per heavy atom. The third-order valence-corrected chi connectivity index (χ3v) is 2.36. The van der Waals surface area contributed by atoms with Crippen molar-refractivity contribution in [3.63, 3.8) is 0 Å². The Kier molecular flexibility index (Phi) is 3.38. The number of carbonyl (C=O) groups is 2. The normalized spacial score (nSPS) is 11.1. The quantitative estimate of drug-likeness (QED) is 0.661. The van der Waals surface area contributed by atoms with Crippen LogP contribution >= 0.6 is 11.8 Å². The minimum Gasteiger partial charge on any atom is -0.481 e. The average Bonchev–Trinajstić information content (AvgIpc) is 1.84. The van der Waals surface area contributed by atoms with E-state index in [-0.39, 0.29) is 5.75 Å². The van der Waals surface area contributed by atoms with Crippen LogP contribution in [0.2, 0.25) is 0 Å². The fourth-order valence-electron chi connectivity index (χ4n) is 0.304. The van der Waals surface area contributed by atoms with Gasteiger partial charge in [-0.05, 0) is 13.8 Å². The van der Waals surface area contributed by atoms with Gasteiger partial charge in [0.1, 0.15) is 4.75 Å². The van der Waals surface area contributed by atoms with Gasteiger partial charge in [-0.2, -0.15) is 0 Å². The van der Waals surface area contributed by atoms with Crippen LogP contribution in [0.15, 0.2) is 0 Å². The molecule has 0 atom stereocenters. The highest BCUT2D eigenvalue weighted by atomic mass is 32.2. The highest BCUT2D eigenvalue weighted by Crippen LogP contribution is 2.23. The van der Waals surface area contributed by atoms with Crippen molar-refractivity contribution in [2.75, 3.05) is 5.75 Å². The standard InChI is InChI=1S/C6H10O4S/c1-6(2,5(9)10)11-3-4(7)8/h3H2,1-2H3,(H,7,8)(H,9,10). The molecular formula is C6H10O4S. The van der Waals surface area contributed by atoms with Crippen LogP contribution in [-0.2, 0) is 9.59 Å². The predicted octanol–water partition coefficient (Wildman–Crippen LogP) is 0.667. The summed E-state index contributed by atoms with van der Waals surface area (Å²) in [4.78, 5) is 20.5. The minimum absolute atomic E-state index is 0.181. The van der Waals surface area contributed by atoms with Crippen LogP contribution in [0.3, 0.4) is 0 Å². The largest absolute Gasteiger partial charge is 0.481 e. The topological polar surface area (TPSA) is 74.6 Å². The van der Waals surface area contributed by atoms with Gasteiger partial charge in [0.25, 0.3) is 0 Å². The first-order valence-corrected chi connectivity index (χ1v) is 3.94. The van der Waals surface area contributed by atoms with Gasteiger partial charge in [0, 0.05) is 0 Å². The van der Waals surface area contributed by atoms with E-state index >= 15 is 0 Å².